The molecule has 1 saturated carbocycles. The minimum absolute atomic E-state index is 0.299. The third-order valence-corrected chi connectivity index (χ3v) is 4.20. The third kappa shape index (κ3) is 2.12. The van der Waals surface area contributed by atoms with E-state index in [0.29, 0.717) is 5.54 Å². The van der Waals surface area contributed by atoms with Crippen molar-refractivity contribution >= 4 is 11.8 Å². The minimum Gasteiger partial charge on any atom is -0.325 e. The van der Waals surface area contributed by atoms with Gasteiger partial charge in [0.1, 0.15) is 0 Å². The van der Waals surface area contributed by atoms with Crippen molar-refractivity contribution in [2.45, 2.75) is 37.6 Å². The van der Waals surface area contributed by atoms with E-state index in [1.54, 1.807) is 0 Å². The summed E-state index contributed by atoms with van der Waals surface area (Å²) in [5, 5.41) is 0. The summed E-state index contributed by atoms with van der Waals surface area (Å²) < 4.78 is 0. The smallest absolute Gasteiger partial charge is 0.0155 e. The summed E-state index contributed by atoms with van der Waals surface area (Å²) in [4.78, 5) is 0. The predicted octanol–water partition coefficient (Wildman–Crippen LogP) is 2.01. The molecule has 1 aliphatic carbocycles. The number of thioether (sulfide) groups is 1. The molecule has 0 radical (unpaired) electrons. The number of nitrogens with two attached hydrogens (primary N) is 1. The van der Waals surface area contributed by atoms with Gasteiger partial charge in [0.2, 0.25) is 0 Å². The number of hydrogen-bond acceptors (Lipinski definition) is 2. The standard InChI is InChI=1S/C9H17NS/c10-9(4-5-9)3-1-8-2-6-11-7-8/h8H,1-7,10H2. The van der Waals surface area contributed by atoms with Gasteiger partial charge in [-0.15, -0.1) is 0 Å². The second kappa shape index (κ2) is 2.98. The lowest BCUT2D eigenvalue weighted by molar-refractivity contribution is 0.468. The Balaban J connectivity index is 1.65. The molecule has 0 aromatic carbocycles. The summed E-state index contributed by atoms with van der Waals surface area (Å²) in [5.74, 6) is 3.79. The molecule has 1 atom stereocenters. The molecule has 1 aliphatic heterocycles. The molecule has 0 aromatic heterocycles. The van der Waals surface area contributed by atoms with Gasteiger partial charge in [-0.25, -0.2) is 0 Å². The molecule has 0 amide bonds. The van der Waals surface area contributed by atoms with E-state index >= 15 is 0 Å². The van der Waals surface area contributed by atoms with Crippen molar-refractivity contribution in [3.8, 4) is 0 Å². The van der Waals surface area contributed by atoms with Crippen LogP contribution in [0.15, 0.2) is 0 Å². The fourth-order valence-electron chi connectivity index (χ4n) is 1.71. The molecule has 0 spiro atoms. The normalized spacial score (nSPS) is 34.1. The molecule has 11 heavy (non-hydrogen) atoms. The van der Waals surface area contributed by atoms with E-state index in [4.69, 9.17) is 5.73 Å². The summed E-state index contributed by atoms with van der Waals surface area (Å²) in [6.07, 6.45) is 6.70. The second-order valence-corrected chi connectivity index (χ2v) is 5.28. The first-order valence-electron chi connectivity index (χ1n) is 4.65. The van der Waals surface area contributed by atoms with Gasteiger partial charge < -0.3 is 5.73 Å². The lowest BCUT2D eigenvalue weighted by Gasteiger charge is -2.11. The largest absolute Gasteiger partial charge is 0.325 e. The molecule has 0 aromatic rings. The third-order valence-electron chi connectivity index (χ3n) is 2.97. The Morgan fingerprint density at radius 1 is 1.45 bits per heavy atom. The lowest BCUT2D eigenvalue weighted by atomic mass is 9.99. The van der Waals surface area contributed by atoms with Crippen molar-refractivity contribution in [2.24, 2.45) is 11.7 Å². The predicted molar refractivity (Wildman–Crippen MR) is 50.8 cm³/mol. The summed E-state index contributed by atoms with van der Waals surface area (Å²) >= 11 is 2.11. The molecule has 2 fully saturated rings. The van der Waals surface area contributed by atoms with Gasteiger partial charge in [-0.1, -0.05) is 0 Å². The fraction of sp³-hybridized carbons (Fsp3) is 1.00. The van der Waals surface area contributed by atoms with Gasteiger partial charge in [0.05, 0.1) is 0 Å². The Hall–Kier alpha value is 0.310. The zero-order chi connectivity index (χ0) is 7.73. The Morgan fingerprint density at radius 2 is 2.27 bits per heavy atom. The first-order chi connectivity index (χ1) is 5.29. The molecule has 1 unspecified atom stereocenters. The molecule has 0 bridgehead atoms. The van der Waals surface area contributed by atoms with Crippen LogP contribution in [0.5, 0.6) is 0 Å². The van der Waals surface area contributed by atoms with Crippen molar-refractivity contribution in [2.75, 3.05) is 11.5 Å². The van der Waals surface area contributed by atoms with E-state index in [2.05, 4.69) is 11.8 Å². The van der Waals surface area contributed by atoms with Gasteiger partial charge in [0, 0.05) is 5.54 Å². The lowest BCUT2D eigenvalue weighted by Crippen LogP contribution is -2.22. The van der Waals surface area contributed by atoms with Gasteiger partial charge in [-0.05, 0) is 49.5 Å². The average molecular weight is 171 g/mol. The zero-order valence-corrected chi connectivity index (χ0v) is 7.83. The molecular weight excluding hydrogens is 154 g/mol. The van der Waals surface area contributed by atoms with E-state index in [9.17, 15) is 0 Å². The van der Waals surface area contributed by atoms with Crippen LogP contribution in [0.1, 0.15) is 32.1 Å². The van der Waals surface area contributed by atoms with Crippen LogP contribution in [0.4, 0.5) is 0 Å². The van der Waals surface area contributed by atoms with Crippen LogP contribution in [-0.4, -0.2) is 17.0 Å². The molecule has 2 rings (SSSR count). The van der Waals surface area contributed by atoms with E-state index < -0.39 is 0 Å². The van der Waals surface area contributed by atoms with Crippen LogP contribution >= 0.6 is 11.8 Å². The highest BCUT2D eigenvalue weighted by atomic mass is 32.2. The fourth-order valence-corrected chi connectivity index (χ4v) is 3.05. The molecule has 1 nitrogen and oxygen atoms in total. The van der Waals surface area contributed by atoms with Crippen molar-refractivity contribution in [3.63, 3.8) is 0 Å². The van der Waals surface area contributed by atoms with Crippen LogP contribution in [0.2, 0.25) is 0 Å². The van der Waals surface area contributed by atoms with Crippen LogP contribution in [0, 0.1) is 5.92 Å². The van der Waals surface area contributed by atoms with Crippen molar-refractivity contribution in [3.05, 3.63) is 0 Å². The Labute approximate surface area is 73.1 Å². The summed E-state index contributed by atoms with van der Waals surface area (Å²) in [6.45, 7) is 0. The first kappa shape index (κ1) is 7.93. The highest BCUT2D eigenvalue weighted by Crippen LogP contribution is 2.39. The molecule has 2 heteroatoms. The first-order valence-corrected chi connectivity index (χ1v) is 5.81. The van der Waals surface area contributed by atoms with Crippen LogP contribution in [-0.2, 0) is 0 Å². The second-order valence-electron chi connectivity index (χ2n) is 4.13. The van der Waals surface area contributed by atoms with Crippen LogP contribution in [0.25, 0.3) is 0 Å². The highest BCUT2D eigenvalue weighted by Gasteiger charge is 2.38. The van der Waals surface area contributed by atoms with Gasteiger partial charge >= 0.3 is 0 Å². The number of hydrogen-bond donors (Lipinski definition) is 1. The van der Waals surface area contributed by atoms with Crippen LogP contribution in [0.3, 0.4) is 0 Å². The topological polar surface area (TPSA) is 26.0 Å². The molecule has 2 N–H and O–H groups in total. The molecule has 64 valence electrons. The minimum atomic E-state index is 0.299. The van der Waals surface area contributed by atoms with Gasteiger partial charge in [0.15, 0.2) is 0 Å². The maximum atomic E-state index is 6.02. The Bertz CT molecular complexity index is 136. The summed E-state index contributed by atoms with van der Waals surface area (Å²) in [6, 6.07) is 0. The van der Waals surface area contributed by atoms with Crippen molar-refractivity contribution in [1.82, 2.24) is 0 Å². The molecule has 2 aliphatic rings. The SMILES string of the molecule is NC1(CCC2CCSC2)CC1. The zero-order valence-electron chi connectivity index (χ0n) is 7.01. The molecule has 1 heterocycles. The van der Waals surface area contributed by atoms with Crippen LogP contribution < -0.4 is 5.73 Å². The molecule has 1 saturated heterocycles. The van der Waals surface area contributed by atoms with Crippen molar-refractivity contribution < 1.29 is 0 Å². The monoisotopic (exact) mass is 171 g/mol. The van der Waals surface area contributed by atoms with E-state index in [0.717, 1.165) is 5.92 Å². The Morgan fingerprint density at radius 3 is 2.82 bits per heavy atom. The maximum Gasteiger partial charge on any atom is 0.0155 e. The quantitative estimate of drug-likeness (QED) is 0.703. The van der Waals surface area contributed by atoms with Gasteiger partial charge in [-0.3, -0.25) is 0 Å². The van der Waals surface area contributed by atoms with E-state index in [1.165, 1.54) is 43.6 Å². The summed E-state index contributed by atoms with van der Waals surface area (Å²) in [7, 11) is 0. The summed E-state index contributed by atoms with van der Waals surface area (Å²) in [5.41, 5.74) is 6.32. The van der Waals surface area contributed by atoms with Crippen molar-refractivity contribution in [1.29, 1.82) is 0 Å². The van der Waals surface area contributed by atoms with E-state index in [-0.39, 0.29) is 0 Å². The average Bonchev–Trinajstić information content (AvgIpc) is 2.53. The van der Waals surface area contributed by atoms with E-state index in [1.807, 2.05) is 0 Å². The maximum absolute atomic E-state index is 6.02. The van der Waals surface area contributed by atoms with Gasteiger partial charge in [0.25, 0.3) is 0 Å². The van der Waals surface area contributed by atoms with Gasteiger partial charge in [-0.2, -0.15) is 11.8 Å². The molecular formula is C9H17NS. The number of rotatable bonds is 3. The Kier molecular flexibility index (Phi) is 2.15. The highest BCUT2D eigenvalue weighted by molar-refractivity contribution is 7.99.